The van der Waals surface area contributed by atoms with E-state index in [2.05, 4.69) is 15.8 Å². The van der Waals surface area contributed by atoms with Gasteiger partial charge in [-0.2, -0.15) is 0 Å². The van der Waals surface area contributed by atoms with E-state index in [1.807, 2.05) is 24.3 Å². The van der Waals surface area contributed by atoms with Gasteiger partial charge in [-0.25, -0.2) is 0 Å². The number of hydrogen-bond donors (Lipinski definition) is 2. The normalized spacial score (nSPS) is 15.2. The van der Waals surface area contributed by atoms with Crippen LogP contribution in [0.1, 0.15) is 38.4 Å². The average Bonchev–Trinajstić information content (AvgIpc) is 3.33. The highest BCUT2D eigenvalue weighted by Crippen LogP contribution is 2.25. The minimum absolute atomic E-state index is 0.161. The van der Waals surface area contributed by atoms with E-state index >= 15 is 0 Å². The van der Waals surface area contributed by atoms with Crippen LogP contribution in [-0.4, -0.2) is 34.1 Å². The summed E-state index contributed by atoms with van der Waals surface area (Å²) in [5.41, 5.74) is 0.708. The van der Waals surface area contributed by atoms with Crippen LogP contribution in [0.4, 0.5) is 11.5 Å². The molecule has 2 aromatic rings. The maximum atomic E-state index is 12.1. The van der Waals surface area contributed by atoms with Crippen molar-refractivity contribution < 1.29 is 18.8 Å². The number of nitrogens with zero attached hydrogens (tertiary/aromatic N) is 1. The summed E-state index contributed by atoms with van der Waals surface area (Å²) in [7, 11) is 0. The third-order valence-electron chi connectivity index (χ3n) is 4.46. The van der Waals surface area contributed by atoms with Crippen LogP contribution >= 0.6 is 11.8 Å². The van der Waals surface area contributed by atoms with Crippen LogP contribution < -0.4 is 15.4 Å². The number of rotatable bonds is 8. The first-order valence-electron chi connectivity index (χ1n) is 9.42. The van der Waals surface area contributed by atoms with E-state index in [-0.39, 0.29) is 17.6 Å². The third kappa shape index (κ3) is 6.02. The van der Waals surface area contributed by atoms with Gasteiger partial charge in [0.2, 0.25) is 11.8 Å². The summed E-state index contributed by atoms with van der Waals surface area (Å²) in [5, 5.41) is 8.82. The van der Waals surface area contributed by atoms with E-state index in [0.29, 0.717) is 23.4 Å². The molecule has 0 saturated heterocycles. The number of amides is 2. The molecule has 2 amide bonds. The molecule has 0 radical (unpaired) electrons. The van der Waals surface area contributed by atoms with E-state index in [0.717, 1.165) is 18.6 Å². The second kappa shape index (κ2) is 9.64. The smallest absolute Gasteiger partial charge is 0.238 e. The SMILES string of the molecule is Cc1cc(NC(=O)[C@@H](C)SCC(=O)Nc2ccc(OC3CCCC3)cc2)no1. The van der Waals surface area contributed by atoms with Crippen molar-refractivity contribution in [2.75, 3.05) is 16.4 Å². The third-order valence-corrected chi connectivity index (χ3v) is 5.60. The fourth-order valence-corrected chi connectivity index (χ4v) is 3.63. The number of aromatic nitrogens is 1. The lowest BCUT2D eigenvalue weighted by atomic mass is 10.2. The molecule has 8 heteroatoms. The Kier molecular flexibility index (Phi) is 6.97. The first kappa shape index (κ1) is 20.3. The number of benzene rings is 1. The van der Waals surface area contributed by atoms with E-state index in [9.17, 15) is 9.59 Å². The molecule has 0 spiro atoms. The van der Waals surface area contributed by atoms with Crippen molar-refractivity contribution in [1.29, 1.82) is 0 Å². The number of ether oxygens (including phenoxy) is 1. The lowest BCUT2D eigenvalue weighted by molar-refractivity contribution is -0.115. The number of anilines is 2. The number of hydrogen-bond acceptors (Lipinski definition) is 6. The summed E-state index contributed by atoms with van der Waals surface area (Å²) in [6.07, 6.45) is 4.98. The first-order chi connectivity index (χ1) is 13.5. The molecule has 0 bridgehead atoms. The molecule has 150 valence electrons. The largest absolute Gasteiger partial charge is 0.490 e. The van der Waals surface area contributed by atoms with Crippen molar-refractivity contribution in [3.63, 3.8) is 0 Å². The number of carbonyl (C=O) groups excluding carboxylic acids is 2. The van der Waals surface area contributed by atoms with Gasteiger partial charge in [0.15, 0.2) is 5.82 Å². The molecule has 0 aliphatic heterocycles. The molecule has 2 N–H and O–H groups in total. The second-order valence-electron chi connectivity index (χ2n) is 6.86. The van der Waals surface area contributed by atoms with Crippen LogP contribution in [0.15, 0.2) is 34.9 Å². The summed E-state index contributed by atoms with van der Waals surface area (Å²) in [6.45, 7) is 3.49. The van der Waals surface area contributed by atoms with Crippen LogP contribution in [0.25, 0.3) is 0 Å². The summed E-state index contributed by atoms with van der Waals surface area (Å²) < 4.78 is 10.8. The number of nitrogens with one attached hydrogen (secondary N) is 2. The van der Waals surface area contributed by atoms with Gasteiger partial charge in [-0.05, 0) is 63.8 Å². The Balaban J connectivity index is 1.40. The van der Waals surface area contributed by atoms with Gasteiger partial charge in [0.05, 0.1) is 17.1 Å². The van der Waals surface area contributed by atoms with Gasteiger partial charge in [-0.3, -0.25) is 9.59 Å². The first-order valence-corrected chi connectivity index (χ1v) is 10.5. The lowest BCUT2D eigenvalue weighted by Crippen LogP contribution is -2.25. The Morgan fingerprint density at radius 1 is 1.25 bits per heavy atom. The molecule has 1 heterocycles. The highest BCUT2D eigenvalue weighted by atomic mass is 32.2. The quantitative estimate of drug-likeness (QED) is 0.692. The van der Waals surface area contributed by atoms with Gasteiger partial charge in [-0.15, -0.1) is 11.8 Å². The molecule has 1 fully saturated rings. The molecular weight excluding hydrogens is 378 g/mol. The zero-order valence-corrected chi connectivity index (χ0v) is 16.9. The fourth-order valence-electron chi connectivity index (χ4n) is 2.94. The van der Waals surface area contributed by atoms with Crippen molar-refractivity contribution in [1.82, 2.24) is 5.16 Å². The zero-order valence-electron chi connectivity index (χ0n) is 16.1. The maximum absolute atomic E-state index is 12.1. The molecule has 0 unspecified atom stereocenters. The number of carbonyl (C=O) groups is 2. The molecule has 3 rings (SSSR count). The highest BCUT2D eigenvalue weighted by Gasteiger charge is 2.18. The summed E-state index contributed by atoms with van der Waals surface area (Å²) in [5.74, 6) is 1.61. The Bertz CT molecular complexity index is 800. The van der Waals surface area contributed by atoms with Crippen molar-refractivity contribution in [3.05, 3.63) is 36.1 Å². The Morgan fingerprint density at radius 2 is 1.96 bits per heavy atom. The summed E-state index contributed by atoms with van der Waals surface area (Å²) in [6, 6.07) is 9.04. The maximum Gasteiger partial charge on any atom is 0.238 e. The van der Waals surface area contributed by atoms with Gasteiger partial charge in [0.1, 0.15) is 11.5 Å². The number of aryl methyl sites for hydroxylation is 1. The molecule has 28 heavy (non-hydrogen) atoms. The van der Waals surface area contributed by atoms with Crippen molar-refractivity contribution in [2.24, 2.45) is 0 Å². The van der Waals surface area contributed by atoms with Gasteiger partial charge in [0.25, 0.3) is 0 Å². The van der Waals surface area contributed by atoms with Crippen LogP contribution in [-0.2, 0) is 9.59 Å². The molecule has 1 aromatic heterocycles. The van der Waals surface area contributed by atoms with Gasteiger partial charge >= 0.3 is 0 Å². The molecular formula is C20H25N3O4S. The molecule has 1 aliphatic carbocycles. The van der Waals surface area contributed by atoms with E-state index < -0.39 is 5.25 Å². The predicted molar refractivity (Wildman–Crippen MR) is 110 cm³/mol. The van der Waals surface area contributed by atoms with Crippen molar-refractivity contribution >= 4 is 35.1 Å². The average molecular weight is 404 g/mol. The van der Waals surface area contributed by atoms with Gasteiger partial charge in [-0.1, -0.05) is 5.16 Å². The monoisotopic (exact) mass is 403 g/mol. The zero-order chi connectivity index (χ0) is 19.9. The van der Waals surface area contributed by atoms with Crippen LogP contribution in [0, 0.1) is 6.92 Å². The van der Waals surface area contributed by atoms with Gasteiger partial charge < -0.3 is 19.9 Å². The molecule has 1 aromatic carbocycles. The Labute approximate surface area is 168 Å². The van der Waals surface area contributed by atoms with Crippen LogP contribution in [0.2, 0.25) is 0 Å². The molecule has 1 aliphatic rings. The number of thioether (sulfide) groups is 1. The topological polar surface area (TPSA) is 93.5 Å². The van der Waals surface area contributed by atoms with Crippen molar-refractivity contribution in [3.8, 4) is 5.75 Å². The van der Waals surface area contributed by atoms with E-state index in [4.69, 9.17) is 9.26 Å². The second-order valence-corrected chi connectivity index (χ2v) is 8.19. The fraction of sp³-hybridized carbons (Fsp3) is 0.450. The Hall–Kier alpha value is -2.48. The minimum Gasteiger partial charge on any atom is -0.490 e. The van der Waals surface area contributed by atoms with E-state index in [1.165, 1.54) is 24.6 Å². The Morgan fingerprint density at radius 3 is 2.61 bits per heavy atom. The summed E-state index contributed by atoms with van der Waals surface area (Å²) in [4.78, 5) is 24.3. The van der Waals surface area contributed by atoms with E-state index in [1.54, 1.807) is 19.9 Å². The molecule has 1 saturated carbocycles. The highest BCUT2D eigenvalue weighted by molar-refractivity contribution is 8.01. The van der Waals surface area contributed by atoms with Crippen LogP contribution in [0.5, 0.6) is 5.75 Å². The standard InChI is InChI=1S/C20H25N3O4S/c1-13-11-18(23-27-13)22-20(25)14(2)28-12-19(24)21-15-7-9-17(10-8-15)26-16-5-3-4-6-16/h7-11,14,16H,3-6,12H2,1-2H3,(H,21,24)(H,22,23,25)/t14-/m1/s1. The lowest BCUT2D eigenvalue weighted by Gasteiger charge is -2.14. The minimum atomic E-state index is -0.398. The van der Waals surface area contributed by atoms with Crippen molar-refractivity contribution in [2.45, 2.75) is 50.9 Å². The molecule has 1 atom stereocenters. The predicted octanol–water partition coefficient (Wildman–Crippen LogP) is 4.00. The van der Waals surface area contributed by atoms with Crippen LogP contribution in [0.3, 0.4) is 0 Å². The molecule has 7 nitrogen and oxygen atoms in total. The summed E-state index contributed by atoms with van der Waals surface area (Å²) >= 11 is 1.26. The van der Waals surface area contributed by atoms with Gasteiger partial charge in [0, 0.05) is 11.8 Å².